The highest BCUT2D eigenvalue weighted by Gasteiger charge is 2.00. The SMILES string of the molecule is N#CCc1cnc2cncnc2n1.N#CCc1cnc2ncncc2n1. The van der Waals surface area contributed by atoms with E-state index >= 15 is 0 Å². The van der Waals surface area contributed by atoms with Crippen LogP contribution in [-0.4, -0.2) is 39.9 Å². The van der Waals surface area contributed by atoms with Crippen LogP contribution in [0.1, 0.15) is 11.4 Å². The first-order chi connectivity index (χ1) is 12.8. The van der Waals surface area contributed by atoms with E-state index in [1.807, 2.05) is 12.1 Å². The summed E-state index contributed by atoms with van der Waals surface area (Å²) in [7, 11) is 0. The summed E-state index contributed by atoms with van der Waals surface area (Å²) in [4.78, 5) is 31.9. The molecule has 4 heterocycles. The molecule has 0 aliphatic rings. The second-order valence-corrected chi connectivity index (χ2v) is 4.86. The Labute approximate surface area is 147 Å². The maximum absolute atomic E-state index is 8.44. The van der Waals surface area contributed by atoms with Crippen LogP contribution in [0.2, 0.25) is 0 Å². The second kappa shape index (κ2) is 8.08. The minimum absolute atomic E-state index is 0.257. The molecule has 0 N–H and O–H groups in total. The largest absolute Gasteiger partial charge is 0.249 e. The summed E-state index contributed by atoms with van der Waals surface area (Å²) >= 11 is 0. The molecule has 0 saturated heterocycles. The van der Waals surface area contributed by atoms with Gasteiger partial charge >= 0.3 is 0 Å². The predicted molar refractivity (Wildman–Crippen MR) is 88.9 cm³/mol. The minimum Gasteiger partial charge on any atom is -0.249 e. The molecule has 0 amide bonds. The van der Waals surface area contributed by atoms with Gasteiger partial charge in [-0.2, -0.15) is 10.5 Å². The second-order valence-electron chi connectivity index (χ2n) is 4.86. The Hall–Kier alpha value is -4.18. The maximum Gasteiger partial charge on any atom is 0.181 e. The van der Waals surface area contributed by atoms with Crippen molar-refractivity contribution < 1.29 is 0 Å². The zero-order valence-electron chi connectivity index (χ0n) is 13.4. The summed E-state index contributed by atoms with van der Waals surface area (Å²) in [6.07, 6.45) is 9.63. The third-order valence-electron chi connectivity index (χ3n) is 3.07. The lowest BCUT2D eigenvalue weighted by molar-refractivity contribution is 1.06. The van der Waals surface area contributed by atoms with E-state index in [1.54, 1.807) is 24.8 Å². The number of hydrogen-bond acceptors (Lipinski definition) is 10. The van der Waals surface area contributed by atoms with Gasteiger partial charge in [0, 0.05) is 0 Å². The van der Waals surface area contributed by atoms with Crippen LogP contribution in [0.3, 0.4) is 0 Å². The van der Waals surface area contributed by atoms with Gasteiger partial charge in [0.1, 0.15) is 23.7 Å². The predicted octanol–water partition coefficient (Wildman–Crippen LogP) is 0.972. The quantitative estimate of drug-likeness (QED) is 0.515. The van der Waals surface area contributed by atoms with Crippen molar-refractivity contribution in [2.45, 2.75) is 12.8 Å². The van der Waals surface area contributed by atoms with Gasteiger partial charge in [0.05, 0.1) is 61.2 Å². The van der Waals surface area contributed by atoms with E-state index in [2.05, 4.69) is 39.9 Å². The Balaban J connectivity index is 0.000000151. The fourth-order valence-corrected chi connectivity index (χ4v) is 1.95. The Kier molecular flexibility index (Phi) is 5.18. The normalized spacial score (nSPS) is 9.77. The van der Waals surface area contributed by atoms with Crippen molar-refractivity contribution in [1.82, 2.24) is 39.9 Å². The van der Waals surface area contributed by atoms with Crippen molar-refractivity contribution in [1.29, 1.82) is 10.5 Å². The lowest BCUT2D eigenvalue weighted by Crippen LogP contribution is -1.93. The smallest absolute Gasteiger partial charge is 0.181 e. The first kappa shape index (κ1) is 16.7. The number of nitrogens with zero attached hydrogens (tertiary/aromatic N) is 10. The highest BCUT2D eigenvalue weighted by molar-refractivity contribution is 5.68. The Bertz CT molecular complexity index is 1040. The molecular weight excluding hydrogens is 332 g/mol. The molecule has 124 valence electrons. The van der Waals surface area contributed by atoms with Crippen LogP contribution in [0.25, 0.3) is 22.3 Å². The molecule has 0 aromatic carbocycles. The fraction of sp³-hybridized carbons (Fsp3) is 0.125. The zero-order chi connectivity index (χ0) is 18.2. The number of aromatic nitrogens is 8. The van der Waals surface area contributed by atoms with Crippen LogP contribution >= 0.6 is 0 Å². The van der Waals surface area contributed by atoms with E-state index in [-0.39, 0.29) is 12.8 Å². The Morgan fingerprint density at radius 2 is 1.27 bits per heavy atom. The lowest BCUT2D eigenvalue weighted by atomic mass is 10.3. The van der Waals surface area contributed by atoms with E-state index in [9.17, 15) is 0 Å². The molecule has 4 aromatic heterocycles. The summed E-state index contributed by atoms with van der Waals surface area (Å²) in [5, 5.41) is 16.9. The summed E-state index contributed by atoms with van der Waals surface area (Å²) in [5.41, 5.74) is 3.62. The van der Waals surface area contributed by atoms with Crippen LogP contribution in [0.15, 0.2) is 37.4 Å². The Morgan fingerprint density at radius 3 is 2.00 bits per heavy atom. The van der Waals surface area contributed by atoms with Gasteiger partial charge in [-0.25, -0.2) is 39.9 Å². The van der Waals surface area contributed by atoms with Crippen LogP contribution in [0.4, 0.5) is 0 Å². The third-order valence-corrected chi connectivity index (χ3v) is 3.07. The molecule has 0 saturated carbocycles. The topological polar surface area (TPSA) is 151 Å². The Morgan fingerprint density at radius 1 is 0.654 bits per heavy atom. The molecule has 0 bridgehead atoms. The van der Waals surface area contributed by atoms with Gasteiger partial charge < -0.3 is 0 Å². The molecule has 4 aromatic rings. The van der Waals surface area contributed by atoms with Gasteiger partial charge in [0.15, 0.2) is 11.3 Å². The van der Waals surface area contributed by atoms with Crippen molar-refractivity contribution in [3.05, 3.63) is 48.8 Å². The van der Waals surface area contributed by atoms with Gasteiger partial charge in [0.2, 0.25) is 0 Å². The van der Waals surface area contributed by atoms with Gasteiger partial charge in [-0.3, -0.25) is 0 Å². The van der Waals surface area contributed by atoms with E-state index < -0.39 is 0 Å². The van der Waals surface area contributed by atoms with Crippen LogP contribution in [-0.2, 0) is 12.8 Å². The average Bonchev–Trinajstić information content (AvgIpc) is 2.69. The molecule has 0 atom stereocenters. The van der Waals surface area contributed by atoms with Crippen LogP contribution in [0, 0.1) is 22.7 Å². The van der Waals surface area contributed by atoms with Gasteiger partial charge in [-0.05, 0) is 0 Å². The van der Waals surface area contributed by atoms with Gasteiger partial charge in [0.25, 0.3) is 0 Å². The molecule has 4 rings (SSSR count). The molecule has 10 heteroatoms. The molecule has 10 nitrogen and oxygen atoms in total. The molecule has 0 aliphatic heterocycles. The standard InChI is InChI=1S/2C8H5N5/c9-2-1-6-3-11-8-7(13-6)4-10-5-12-8;9-2-1-6-3-11-7-4-10-5-12-8(7)13-6/h2*3-5H,1H2. The molecule has 26 heavy (non-hydrogen) atoms. The number of hydrogen-bond donors (Lipinski definition) is 0. The summed E-state index contributed by atoms with van der Waals surface area (Å²) in [6, 6.07) is 4.01. The van der Waals surface area contributed by atoms with E-state index in [0.717, 1.165) is 0 Å². The number of fused-ring (bicyclic) bond motifs is 2. The van der Waals surface area contributed by atoms with E-state index in [1.165, 1.54) is 12.7 Å². The monoisotopic (exact) mass is 342 g/mol. The summed E-state index contributed by atoms with van der Waals surface area (Å²) < 4.78 is 0. The summed E-state index contributed by atoms with van der Waals surface area (Å²) in [6.45, 7) is 0. The van der Waals surface area contributed by atoms with Crippen LogP contribution in [0.5, 0.6) is 0 Å². The third kappa shape index (κ3) is 4.01. The van der Waals surface area contributed by atoms with E-state index in [4.69, 9.17) is 10.5 Å². The minimum atomic E-state index is 0.257. The highest BCUT2D eigenvalue weighted by atomic mass is 15.0. The molecule has 0 fully saturated rings. The lowest BCUT2D eigenvalue weighted by Gasteiger charge is -1.95. The average molecular weight is 342 g/mol. The first-order valence-electron chi connectivity index (χ1n) is 7.37. The van der Waals surface area contributed by atoms with Crippen molar-refractivity contribution >= 4 is 22.3 Å². The van der Waals surface area contributed by atoms with Crippen molar-refractivity contribution in [3.8, 4) is 12.1 Å². The molecule has 0 radical (unpaired) electrons. The molecule has 0 aliphatic carbocycles. The van der Waals surface area contributed by atoms with Gasteiger partial charge in [-0.1, -0.05) is 0 Å². The maximum atomic E-state index is 8.44. The van der Waals surface area contributed by atoms with Gasteiger partial charge in [-0.15, -0.1) is 0 Å². The summed E-state index contributed by atoms with van der Waals surface area (Å²) in [5.74, 6) is 0. The molecular formula is C16H10N10. The van der Waals surface area contributed by atoms with E-state index in [0.29, 0.717) is 33.7 Å². The number of rotatable bonds is 2. The number of nitriles is 2. The first-order valence-corrected chi connectivity index (χ1v) is 7.37. The van der Waals surface area contributed by atoms with Crippen molar-refractivity contribution in [2.75, 3.05) is 0 Å². The van der Waals surface area contributed by atoms with Crippen molar-refractivity contribution in [3.63, 3.8) is 0 Å². The molecule has 0 spiro atoms. The fourth-order valence-electron chi connectivity index (χ4n) is 1.95. The zero-order valence-corrected chi connectivity index (χ0v) is 13.4. The highest BCUT2D eigenvalue weighted by Crippen LogP contribution is 2.04. The van der Waals surface area contributed by atoms with Crippen molar-refractivity contribution in [2.24, 2.45) is 0 Å². The van der Waals surface area contributed by atoms with Crippen LogP contribution < -0.4 is 0 Å². The molecule has 0 unspecified atom stereocenters.